The summed E-state index contributed by atoms with van der Waals surface area (Å²) in [7, 11) is 0. The Balaban J connectivity index is 1.46. The molecule has 1 aromatic rings. The van der Waals surface area contributed by atoms with E-state index in [0.717, 1.165) is 38.1 Å². The van der Waals surface area contributed by atoms with Gasteiger partial charge in [0.1, 0.15) is 5.75 Å². The van der Waals surface area contributed by atoms with Crippen molar-refractivity contribution in [3.8, 4) is 5.75 Å². The van der Waals surface area contributed by atoms with Gasteiger partial charge in [-0.1, -0.05) is 61.1 Å². The van der Waals surface area contributed by atoms with E-state index in [1.165, 1.54) is 62.5 Å². The van der Waals surface area contributed by atoms with Crippen molar-refractivity contribution >= 4 is 5.97 Å². The minimum absolute atomic E-state index is 0.222. The standard InChI is InChI=1S/C29H43NO3/c30-19-18-24-11-10-22(20-24)6-3-1-2-4-8-26-21-23(7-5-9-29(32)33)12-17-28(26)25-13-15-27(31)16-14-25/h7,13-16,20,22,26,28,31H,1-6,8-12,17-19,21,30H2,(H,32,33)/b23-7+/t22-,26+,28-/m0/s1. The van der Waals surface area contributed by atoms with Crippen molar-refractivity contribution in [2.24, 2.45) is 17.6 Å². The van der Waals surface area contributed by atoms with Crippen LogP contribution in [0.15, 0.2) is 47.6 Å². The number of carbonyl (C=O) groups is 1. The van der Waals surface area contributed by atoms with Gasteiger partial charge in [0.2, 0.25) is 0 Å². The van der Waals surface area contributed by atoms with E-state index < -0.39 is 5.97 Å². The second kappa shape index (κ2) is 13.6. The summed E-state index contributed by atoms with van der Waals surface area (Å²) in [6.07, 6.45) is 20.2. The third kappa shape index (κ3) is 8.66. The molecule has 1 fully saturated rings. The zero-order chi connectivity index (χ0) is 23.5. The fraction of sp³-hybridized carbons (Fsp3) is 0.621. The first-order valence-electron chi connectivity index (χ1n) is 13.1. The number of carboxylic acid groups (broad SMARTS) is 1. The number of hydrogen-bond acceptors (Lipinski definition) is 3. The van der Waals surface area contributed by atoms with Gasteiger partial charge in [-0.2, -0.15) is 0 Å². The quantitative estimate of drug-likeness (QED) is 0.220. The van der Waals surface area contributed by atoms with Gasteiger partial charge in [0.25, 0.3) is 0 Å². The summed E-state index contributed by atoms with van der Waals surface area (Å²) >= 11 is 0. The number of rotatable bonds is 13. The molecule has 0 aliphatic heterocycles. The molecule has 1 aromatic carbocycles. The highest BCUT2D eigenvalue weighted by molar-refractivity contribution is 5.66. The summed E-state index contributed by atoms with van der Waals surface area (Å²) in [6, 6.07) is 7.78. The molecule has 4 heteroatoms. The lowest BCUT2D eigenvalue weighted by atomic mass is 9.71. The van der Waals surface area contributed by atoms with Gasteiger partial charge < -0.3 is 15.9 Å². The lowest BCUT2D eigenvalue weighted by molar-refractivity contribution is -0.136. The maximum absolute atomic E-state index is 10.9. The number of allylic oxidation sites excluding steroid dienone is 3. The highest BCUT2D eigenvalue weighted by Gasteiger charge is 2.28. The van der Waals surface area contributed by atoms with Crippen molar-refractivity contribution in [2.75, 3.05) is 6.54 Å². The van der Waals surface area contributed by atoms with Crippen LogP contribution in [-0.2, 0) is 4.79 Å². The second-order valence-electron chi connectivity index (χ2n) is 10.1. The number of unbranched alkanes of at least 4 members (excludes halogenated alkanes) is 3. The lowest BCUT2D eigenvalue weighted by Crippen LogP contribution is -2.19. The van der Waals surface area contributed by atoms with Gasteiger partial charge in [-0.25, -0.2) is 0 Å². The molecule has 2 aliphatic rings. The SMILES string of the molecule is NCCC1=C[C@@H](CCCCCC[C@@H]2C/C(=C/CCC(=O)O)CC[C@H]2c2ccc(O)cc2)CC1. The summed E-state index contributed by atoms with van der Waals surface area (Å²) in [4.78, 5) is 10.9. The molecule has 0 spiro atoms. The number of nitrogens with two attached hydrogens (primary N) is 1. The smallest absolute Gasteiger partial charge is 0.303 e. The molecule has 0 radical (unpaired) electrons. The fourth-order valence-electron chi connectivity index (χ4n) is 5.87. The van der Waals surface area contributed by atoms with Crippen molar-refractivity contribution in [2.45, 2.75) is 95.8 Å². The summed E-state index contributed by atoms with van der Waals surface area (Å²) in [5, 5.41) is 18.6. The lowest BCUT2D eigenvalue weighted by Gasteiger charge is -2.34. The van der Waals surface area contributed by atoms with Crippen LogP contribution in [0.1, 0.15) is 101 Å². The molecule has 0 aromatic heterocycles. The molecule has 0 saturated heterocycles. The molecule has 3 rings (SSSR count). The van der Waals surface area contributed by atoms with Crippen LogP contribution in [0.5, 0.6) is 5.75 Å². The second-order valence-corrected chi connectivity index (χ2v) is 10.1. The molecule has 1 saturated carbocycles. The zero-order valence-corrected chi connectivity index (χ0v) is 20.2. The van der Waals surface area contributed by atoms with Gasteiger partial charge in [-0.05, 0) is 99.8 Å². The van der Waals surface area contributed by atoms with Crippen molar-refractivity contribution in [1.82, 2.24) is 0 Å². The van der Waals surface area contributed by atoms with Gasteiger partial charge in [0.15, 0.2) is 0 Å². The van der Waals surface area contributed by atoms with Crippen LogP contribution >= 0.6 is 0 Å². The first kappa shape index (κ1) is 25.6. The number of carboxylic acids is 1. The molecular weight excluding hydrogens is 410 g/mol. The zero-order valence-electron chi connectivity index (χ0n) is 20.2. The van der Waals surface area contributed by atoms with Crippen molar-refractivity contribution in [1.29, 1.82) is 0 Å². The normalized spacial score (nSPS) is 24.2. The van der Waals surface area contributed by atoms with Crippen molar-refractivity contribution in [3.05, 3.63) is 53.1 Å². The Labute approximate surface area is 200 Å². The molecular formula is C29H43NO3. The molecule has 0 unspecified atom stereocenters. The third-order valence-electron chi connectivity index (χ3n) is 7.66. The summed E-state index contributed by atoms with van der Waals surface area (Å²) in [5.74, 6) is 1.53. The molecule has 33 heavy (non-hydrogen) atoms. The minimum Gasteiger partial charge on any atom is -0.508 e. The maximum Gasteiger partial charge on any atom is 0.303 e. The molecule has 4 N–H and O–H groups in total. The van der Waals surface area contributed by atoms with Crippen LogP contribution < -0.4 is 5.73 Å². The van der Waals surface area contributed by atoms with E-state index in [9.17, 15) is 9.90 Å². The number of benzene rings is 1. The van der Waals surface area contributed by atoms with Gasteiger partial charge in [0, 0.05) is 6.42 Å². The molecule has 0 bridgehead atoms. The number of phenols is 1. The van der Waals surface area contributed by atoms with E-state index in [4.69, 9.17) is 10.8 Å². The van der Waals surface area contributed by atoms with E-state index in [1.54, 1.807) is 17.7 Å². The Bertz CT molecular complexity index is 796. The fourth-order valence-corrected chi connectivity index (χ4v) is 5.87. The van der Waals surface area contributed by atoms with E-state index in [0.29, 0.717) is 24.0 Å². The van der Waals surface area contributed by atoms with Crippen LogP contribution in [-0.4, -0.2) is 22.7 Å². The largest absolute Gasteiger partial charge is 0.508 e. The van der Waals surface area contributed by atoms with Crippen LogP contribution in [0, 0.1) is 11.8 Å². The minimum atomic E-state index is -0.718. The highest BCUT2D eigenvalue weighted by atomic mass is 16.4. The van der Waals surface area contributed by atoms with E-state index in [-0.39, 0.29) is 6.42 Å². The highest BCUT2D eigenvalue weighted by Crippen LogP contribution is 2.43. The average molecular weight is 454 g/mol. The van der Waals surface area contributed by atoms with Crippen LogP contribution in [0.25, 0.3) is 0 Å². The topological polar surface area (TPSA) is 83.6 Å². The molecule has 2 aliphatic carbocycles. The number of phenolic OH excluding ortho intramolecular Hbond substituents is 1. The summed E-state index contributed by atoms with van der Waals surface area (Å²) in [5.41, 5.74) is 10.0. The number of aromatic hydroxyl groups is 1. The Hall–Kier alpha value is -2.07. The van der Waals surface area contributed by atoms with Gasteiger partial charge in [0.05, 0.1) is 0 Å². The molecule has 0 amide bonds. The predicted octanol–water partition coefficient (Wildman–Crippen LogP) is 7.09. The van der Waals surface area contributed by atoms with Gasteiger partial charge >= 0.3 is 5.97 Å². The average Bonchev–Trinajstić information content (AvgIpc) is 3.24. The molecule has 182 valence electrons. The van der Waals surface area contributed by atoms with E-state index in [1.807, 2.05) is 0 Å². The van der Waals surface area contributed by atoms with Crippen LogP contribution in [0.2, 0.25) is 0 Å². The van der Waals surface area contributed by atoms with Gasteiger partial charge in [-0.15, -0.1) is 0 Å². The molecule has 4 nitrogen and oxygen atoms in total. The van der Waals surface area contributed by atoms with Crippen molar-refractivity contribution < 1.29 is 15.0 Å². The summed E-state index contributed by atoms with van der Waals surface area (Å²) < 4.78 is 0. The first-order valence-corrected chi connectivity index (χ1v) is 13.1. The Morgan fingerprint density at radius 1 is 1.03 bits per heavy atom. The van der Waals surface area contributed by atoms with Crippen molar-refractivity contribution in [3.63, 3.8) is 0 Å². The van der Waals surface area contributed by atoms with Gasteiger partial charge in [-0.3, -0.25) is 4.79 Å². The number of hydrogen-bond donors (Lipinski definition) is 3. The third-order valence-corrected chi connectivity index (χ3v) is 7.66. The Kier molecular flexibility index (Phi) is 10.5. The maximum atomic E-state index is 10.9. The Morgan fingerprint density at radius 3 is 2.52 bits per heavy atom. The van der Waals surface area contributed by atoms with Crippen LogP contribution in [0.4, 0.5) is 0 Å². The number of aliphatic carboxylic acids is 1. The molecule has 3 atom stereocenters. The van der Waals surface area contributed by atoms with E-state index in [2.05, 4.69) is 24.3 Å². The first-order chi connectivity index (χ1) is 16.0. The predicted molar refractivity (Wildman–Crippen MR) is 135 cm³/mol. The van der Waals surface area contributed by atoms with Crippen LogP contribution in [0.3, 0.4) is 0 Å². The summed E-state index contributed by atoms with van der Waals surface area (Å²) in [6.45, 7) is 0.779. The van der Waals surface area contributed by atoms with E-state index >= 15 is 0 Å². The Morgan fingerprint density at radius 2 is 1.79 bits per heavy atom. The molecule has 0 heterocycles. The monoisotopic (exact) mass is 453 g/mol.